The van der Waals surface area contributed by atoms with Crippen LogP contribution >= 0.6 is 61.4 Å². The quantitative estimate of drug-likeness (QED) is 0.130. The van der Waals surface area contributed by atoms with E-state index in [9.17, 15) is 5.11 Å². The molecule has 0 saturated carbocycles. The van der Waals surface area contributed by atoms with E-state index in [1.165, 1.54) is 0 Å². The van der Waals surface area contributed by atoms with Crippen LogP contribution in [-0.2, 0) is 28.3 Å². The third kappa shape index (κ3) is 15.5. The maximum Gasteiger partial charge on any atom is 0.312 e. The van der Waals surface area contributed by atoms with Crippen LogP contribution in [-0.4, -0.2) is 121 Å². The minimum atomic E-state index is -0.750. The molecule has 3 rings (SSSR count). The van der Waals surface area contributed by atoms with Crippen molar-refractivity contribution >= 4 is 87.2 Å². The second-order valence-electron chi connectivity index (χ2n) is 12.6. The minimum absolute atomic E-state index is 0.000938. The number of ether oxygens (including phenoxy) is 4. The first kappa shape index (κ1) is 41.1. The van der Waals surface area contributed by atoms with Crippen molar-refractivity contribution in [2.24, 2.45) is 29.6 Å². The maximum absolute atomic E-state index is 10.1. The van der Waals surface area contributed by atoms with Crippen molar-refractivity contribution in [3.63, 3.8) is 0 Å². The van der Waals surface area contributed by atoms with Crippen molar-refractivity contribution in [3.05, 3.63) is 0 Å². The second-order valence-corrected chi connectivity index (χ2v) is 16.9. The Morgan fingerprint density at radius 3 is 1.61 bits per heavy atom. The summed E-state index contributed by atoms with van der Waals surface area (Å²) in [5, 5.41) is 19.0. The molecule has 0 aromatic heterocycles. The Balaban J connectivity index is 0.000000846. The Bertz CT molecular complexity index is 893. The molecule has 3 heterocycles. The van der Waals surface area contributed by atoms with Gasteiger partial charge in [0, 0.05) is 17.8 Å². The van der Waals surface area contributed by atoms with E-state index in [-0.39, 0.29) is 106 Å². The molecule has 19 heteroatoms. The van der Waals surface area contributed by atoms with Crippen molar-refractivity contribution in [1.82, 2.24) is 0 Å². The van der Waals surface area contributed by atoms with Gasteiger partial charge in [-0.25, -0.2) is 25.0 Å². The summed E-state index contributed by atoms with van der Waals surface area (Å²) in [6.45, 7) is 20.9. The van der Waals surface area contributed by atoms with Crippen LogP contribution in [0, 0.1) is 29.6 Å². The molecular formula is C27H64B4O9P4S2. The smallest absolute Gasteiger partial charge is 0.312 e. The van der Waals surface area contributed by atoms with Crippen LogP contribution < -0.4 is 0 Å². The zero-order valence-corrected chi connectivity index (χ0v) is 35.7. The third-order valence-electron chi connectivity index (χ3n) is 9.24. The van der Waals surface area contributed by atoms with Crippen LogP contribution in [0.3, 0.4) is 0 Å². The lowest BCUT2D eigenvalue weighted by molar-refractivity contribution is -0.305. The summed E-state index contributed by atoms with van der Waals surface area (Å²) in [6.07, 6.45) is -3.16. The van der Waals surface area contributed by atoms with Gasteiger partial charge in [-0.2, -0.15) is 18.2 Å². The monoisotopic (exact) mass is 770 g/mol. The molecule has 3 aliphatic heterocycles. The first-order valence-electron chi connectivity index (χ1n) is 18.1. The van der Waals surface area contributed by atoms with E-state index in [4.69, 9.17) is 33.8 Å². The van der Waals surface area contributed by atoms with Crippen molar-refractivity contribution in [2.45, 2.75) is 130 Å². The Morgan fingerprint density at radius 2 is 1.13 bits per heavy atom. The van der Waals surface area contributed by atoms with Gasteiger partial charge in [0.05, 0.1) is 43.7 Å². The van der Waals surface area contributed by atoms with E-state index in [1.807, 2.05) is 34.4 Å². The third-order valence-corrected chi connectivity index (χ3v) is 9.56. The van der Waals surface area contributed by atoms with E-state index in [0.29, 0.717) is 11.8 Å². The summed E-state index contributed by atoms with van der Waals surface area (Å²) in [6, 6.07) is 0. The standard InChI is InChI=1S/C18H36BO5P.C9H20BO4P.2BH4PS/c1-9-10(2)13(5)22-18(11(9)3)23-17-15(8-20)21-14(6)12(4)16(17)24-19(7)25;1-5-6(2)13-7(4-11)8(12)9(5)14-10(3)15;2*2-1-3/h9-18,20H,8,25H2,1-7H3;5-9,11-12H,4,15H2,1-3H3;2*1,3H,2H2/i20T;11T;2*1D. The number of aliphatic hydroxyl groups excluding tert-OH is 3. The molecule has 9 nitrogen and oxygen atoms in total. The Hall–Kier alpha value is 2.32. The zero-order valence-electron chi connectivity index (χ0n) is 33.3. The molecule has 0 aliphatic carbocycles. The maximum atomic E-state index is 10.1. The molecule has 0 aromatic carbocycles. The van der Waals surface area contributed by atoms with Crippen LogP contribution in [0.1, 0.15) is 55.4 Å². The SMILES string of the molecule is [2H]B(P)S.[2H]B(P)S.[3H]OCC1OC(C)C(C)C(OB(C)P)C1O.[3H]OCC1OC(C)C(C)C(OB(C)P)C1OC1OC(C)C(C)C(C)C1C. The molecule has 0 spiro atoms. The lowest BCUT2D eigenvalue weighted by Gasteiger charge is -2.49. The zero-order chi connectivity index (χ0) is 39.0. The van der Waals surface area contributed by atoms with Gasteiger partial charge < -0.3 is 43.6 Å². The second kappa shape index (κ2) is 25.3. The molecule has 19 atom stereocenters. The minimum Gasteiger partial charge on any atom is -0.426 e. The molecule has 0 aromatic rings. The van der Waals surface area contributed by atoms with E-state index < -0.39 is 12.2 Å². The van der Waals surface area contributed by atoms with Crippen LogP contribution in [0.2, 0.25) is 13.6 Å². The van der Waals surface area contributed by atoms with Crippen molar-refractivity contribution in [3.8, 4) is 0 Å². The van der Waals surface area contributed by atoms with E-state index in [0.717, 1.165) is 0 Å². The molecule has 46 heavy (non-hydrogen) atoms. The van der Waals surface area contributed by atoms with Crippen LogP contribution in [0.25, 0.3) is 0 Å². The first-order chi connectivity index (χ1) is 23.1. The fraction of sp³-hybridized carbons (Fsp3) is 1.00. The topological polar surface area (TPSA) is 116 Å². The highest BCUT2D eigenvalue weighted by atomic mass is 32.1. The Labute approximate surface area is 308 Å². The van der Waals surface area contributed by atoms with Gasteiger partial charge in [-0.05, 0) is 35.3 Å². The van der Waals surface area contributed by atoms with Crippen LogP contribution in [0.4, 0.5) is 0 Å². The molecule has 3 N–H and O–H groups in total. The van der Waals surface area contributed by atoms with E-state index >= 15 is 0 Å². The highest BCUT2D eigenvalue weighted by Crippen LogP contribution is 2.39. The Kier molecular flexibility index (Phi) is 22.6. The van der Waals surface area contributed by atoms with Gasteiger partial charge in [0.2, 0.25) is 15.3 Å². The molecule has 3 saturated heterocycles. The summed E-state index contributed by atoms with van der Waals surface area (Å²) < 4.78 is 63.0. The summed E-state index contributed by atoms with van der Waals surface area (Å²) in [4.78, 5) is 0. The largest absolute Gasteiger partial charge is 0.426 e. The highest BCUT2D eigenvalue weighted by molar-refractivity contribution is 8.20. The fourth-order valence-corrected chi connectivity index (χ4v) is 6.15. The summed E-state index contributed by atoms with van der Waals surface area (Å²) in [5.74, 6) is 1.52. The average molecular weight is 770 g/mol. The van der Waals surface area contributed by atoms with Gasteiger partial charge in [0.25, 0.3) is 0 Å². The number of hydrogen-bond donors (Lipinski definition) is 5. The summed E-state index contributed by atoms with van der Waals surface area (Å²) in [5.41, 5.74) is 0. The molecular weight excluding hydrogens is 700 g/mol. The fourth-order valence-electron chi connectivity index (χ4n) is 5.79. The van der Waals surface area contributed by atoms with E-state index in [1.54, 1.807) is 0 Å². The van der Waals surface area contributed by atoms with Gasteiger partial charge in [-0.1, -0.05) is 48.3 Å². The molecule has 0 amide bonds. The number of aliphatic hydroxyl groups is 3. The van der Waals surface area contributed by atoms with Crippen molar-refractivity contribution in [2.75, 3.05) is 13.2 Å². The molecule has 0 radical (unpaired) electrons. The van der Waals surface area contributed by atoms with Gasteiger partial charge in [0.1, 0.15) is 24.4 Å². The van der Waals surface area contributed by atoms with Gasteiger partial charge in [-0.3, -0.25) is 0 Å². The Morgan fingerprint density at radius 1 is 0.717 bits per heavy atom. The lowest BCUT2D eigenvalue weighted by atomic mass is 9.79. The predicted octanol–water partition coefficient (Wildman–Crippen LogP) is 3.08. The molecule has 270 valence electrons. The van der Waals surface area contributed by atoms with Crippen molar-refractivity contribution < 1.29 is 43.6 Å². The lowest BCUT2D eigenvalue weighted by Crippen LogP contribution is -2.59. The van der Waals surface area contributed by atoms with Gasteiger partial charge in [-0.15, -0.1) is 18.2 Å². The molecule has 19 unspecified atom stereocenters. The normalized spacial score (nSPS) is 41.6. The van der Waals surface area contributed by atoms with Crippen LogP contribution in [0.5, 0.6) is 0 Å². The van der Waals surface area contributed by atoms with E-state index in [2.05, 4.69) is 106 Å². The number of rotatable bonds is 10. The first-order valence-corrected chi connectivity index (χ1v) is 19.8. The molecule has 3 fully saturated rings. The number of thiol groups is 2. The molecule has 3 aliphatic rings. The highest BCUT2D eigenvalue weighted by Gasteiger charge is 2.47. The predicted molar refractivity (Wildman–Crippen MR) is 218 cm³/mol. The molecule has 0 bridgehead atoms. The van der Waals surface area contributed by atoms with Gasteiger partial charge in [0.15, 0.2) is 6.29 Å². The average Bonchev–Trinajstić information content (AvgIpc) is 2.99. The number of hydrogen-bond acceptors (Lipinski definition) is 11. The summed E-state index contributed by atoms with van der Waals surface area (Å²) >= 11 is 7.19. The van der Waals surface area contributed by atoms with Crippen LogP contribution in [0.15, 0.2) is 0 Å². The van der Waals surface area contributed by atoms with Gasteiger partial charge >= 0.3 is 13.3 Å². The summed E-state index contributed by atoms with van der Waals surface area (Å²) in [7, 11) is 9.60. The van der Waals surface area contributed by atoms with Crippen molar-refractivity contribution in [1.29, 1.82) is 5.53 Å².